The molecule has 1 atom stereocenters. The number of aromatic nitrogens is 4. The van der Waals surface area contributed by atoms with Crippen LogP contribution in [0.2, 0.25) is 5.02 Å². The third-order valence-electron chi connectivity index (χ3n) is 7.60. The van der Waals surface area contributed by atoms with Crippen molar-refractivity contribution in [3.05, 3.63) is 77.0 Å². The molecule has 2 aliphatic rings. The summed E-state index contributed by atoms with van der Waals surface area (Å²) >= 11 is 5.92. The standard InChI is InChI=1S/C30H33ClN6O3/c1-20(38)33-23-7-8-28-27(15-23)34-29(37(28)17-25-11-14-39-25)18-36-12-9-21(10-13-36)26-3-2-4-30(35-26)40-19-24-6-5-22(31)16-32-24/h2-8,15-16,21,25H,9-14,17-19H2,1H3,(H,33,38). The fourth-order valence-corrected chi connectivity index (χ4v) is 5.49. The zero-order chi connectivity index (χ0) is 27.5. The van der Waals surface area contributed by atoms with Crippen molar-refractivity contribution in [2.24, 2.45) is 0 Å². The molecule has 0 spiro atoms. The number of hydrogen-bond acceptors (Lipinski definition) is 7. The molecule has 9 nitrogen and oxygen atoms in total. The Morgan fingerprint density at radius 1 is 1.12 bits per heavy atom. The molecule has 0 aliphatic carbocycles. The molecule has 5 heterocycles. The molecule has 2 fully saturated rings. The van der Waals surface area contributed by atoms with E-state index in [1.165, 1.54) is 6.92 Å². The molecule has 2 saturated heterocycles. The Hall–Kier alpha value is -3.53. The summed E-state index contributed by atoms with van der Waals surface area (Å²) < 4.78 is 14.0. The van der Waals surface area contributed by atoms with Crippen molar-refractivity contribution in [3.8, 4) is 5.88 Å². The van der Waals surface area contributed by atoms with Crippen molar-refractivity contribution in [2.45, 2.75) is 57.9 Å². The number of rotatable bonds is 9. The first-order valence-corrected chi connectivity index (χ1v) is 14.2. The minimum Gasteiger partial charge on any atom is -0.471 e. The Morgan fingerprint density at radius 2 is 1.98 bits per heavy atom. The lowest BCUT2D eigenvalue weighted by Crippen LogP contribution is -2.35. The van der Waals surface area contributed by atoms with Gasteiger partial charge in [-0.25, -0.2) is 9.97 Å². The van der Waals surface area contributed by atoms with Gasteiger partial charge < -0.3 is 19.4 Å². The van der Waals surface area contributed by atoms with Crippen molar-refractivity contribution < 1.29 is 14.3 Å². The van der Waals surface area contributed by atoms with Gasteiger partial charge in [-0.3, -0.25) is 14.7 Å². The lowest BCUT2D eigenvalue weighted by Gasteiger charge is -2.32. The number of imidazole rings is 1. The molecule has 40 heavy (non-hydrogen) atoms. The number of halogens is 1. The van der Waals surface area contributed by atoms with Gasteiger partial charge in [0.1, 0.15) is 12.4 Å². The number of likely N-dealkylation sites (tertiary alicyclic amines) is 1. The van der Waals surface area contributed by atoms with Crippen LogP contribution in [0.25, 0.3) is 11.0 Å². The van der Waals surface area contributed by atoms with E-state index in [-0.39, 0.29) is 12.0 Å². The van der Waals surface area contributed by atoms with Gasteiger partial charge in [0.15, 0.2) is 0 Å². The van der Waals surface area contributed by atoms with Gasteiger partial charge in [-0.1, -0.05) is 17.7 Å². The molecular weight excluding hydrogens is 528 g/mol. The summed E-state index contributed by atoms with van der Waals surface area (Å²) in [4.78, 5) is 28.1. The maximum Gasteiger partial charge on any atom is 0.221 e. The number of nitrogens with zero attached hydrogens (tertiary/aromatic N) is 5. The lowest BCUT2D eigenvalue weighted by atomic mass is 9.93. The molecule has 1 N–H and O–H groups in total. The normalized spacial score (nSPS) is 18.0. The third-order valence-corrected chi connectivity index (χ3v) is 7.82. The Morgan fingerprint density at radius 3 is 2.70 bits per heavy atom. The van der Waals surface area contributed by atoms with Crippen LogP contribution < -0.4 is 10.1 Å². The van der Waals surface area contributed by atoms with E-state index < -0.39 is 0 Å². The van der Waals surface area contributed by atoms with Gasteiger partial charge in [-0.05, 0) is 68.8 Å². The quantitative estimate of drug-likeness (QED) is 0.301. The van der Waals surface area contributed by atoms with E-state index >= 15 is 0 Å². The van der Waals surface area contributed by atoms with Crippen LogP contribution in [0, 0.1) is 0 Å². The maximum atomic E-state index is 11.5. The highest BCUT2D eigenvalue weighted by Crippen LogP contribution is 2.30. The third kappa shape index (κ3) is 6.27. The molecule has 4 aromatic rings. The van der Waals surface area contributed by atoms with Crippen LogP contribution in [0.1, 0.15) is 49.3 Å². The van der Waals surface area contributed by atoms with Crippen molar-refractivity contribution in [1.29, 1.82) is 0 Å². The predicted molar refractivity (Wildman–Crippen MR) is 153 cm³/mol. The number of carbonyl (C=O) groups is 1. The molecule has 6 rings (SSSR count). The van der Waals surface area contributed by atoms with Crippen molar-refractivity contribution in [3.63, 3.8) is 0 Å². The zero-order valence-electron chi connectivity index (χ0n) is 22.6. The van der Waals surface area contributed by atoms with E-state index in [9.17, 15) is 4.79 Å². The first kappa shape index (κ1) is 26.7. The minimum atomic E-state index is -0.0881. The fraction of sp³-hybridized carbons (Fsp3) is 0.400. The van der Waals surface area contributed by atoms with E-state index in [2.05, 4.69) is 25.8 Å². The second-order valence-corrected chi connectivity index (χ2v) is 10.9. The van der Waals surface area contributed by atoms with Gasteiger partial charge in [0.25, 0.3) is 0 Å². The van der Waals surface area contributed by atoms with Crippen LogP contribution >= 0.6 is 11.6 Å². The summed E-state index contributed by atoms with van der Waals surface area (Å²) in [6.07, 6.45) is 4.96. The molecule has 0 radical (unpaired) electrons. The number of pyridine rings is 2. The molecule has 2 aliphatic heterocycles. The Kier molecular flexibility index (Phi) is 7.95. The highest BCUT2D eigenvalue weighted by atomic mass is 35.5. The molecule has 0 saturated carbocycles. The minimum absolute atomic E-state index is 0.0881. The number of benzene rings is 1. The smallest absolute Gasteiger partial charge is 0.221 e. The molecule has 1 aromatic carbocycles. The van der Waals surface area contributed by atoms with E-state index in [4.69, 9.17) is 31.0 Å². The second kappa shape index (κ2) is 11.9. The topological polar surface area (TPSA) is 94.4 Å². The highest BCUT2D eigenvalue weighted by molar-refractivity contribution is 6.30. The predicted octanol–water partition coefficient (Wildman–Crippen LogP) is 5.19. The van der Waals surface area contributed by atoms with Gasteiger partial charge in [-0.15, -0.1) is 0 Å². The summed E-state index contributed by atoms with van der Waals surface area (Å²) in [6, 6.07) is 15.6. The van der Waals surface area contributed by atoms with Crippen LogP contribution in [0.15, 0.2) is 54.7 Å². The summed E-state index contributed by atoms with van der Waals surface area (Å²) in [5.74, 6) is 1.95. The van der Waals surface area contributed by atoms with Gasteiger partial charge >= 0.3 is 0 Å². The fourth-order valence-electron chi connectivity index (χ4n) is 5.38. The second-order valence-electron chi connectivity index (χ2n) is 10.5. The SMILES string of the molecule is CC(=O)Nc1ccc2c(c1)nc(CN1CCC(c3cccc(OCc4ccc(Cl)cn4)n3)CC1)n2CC1CCO1. The molecule has 10 heteroatoms. The van der Waals surface area contributed by atoms with E-state index in [1.807, 2.05) is 42.5 Å². The first-order chi connectivity index (χ1) is 19.5. The van der Waals surface area contributed by atoms with Crippen LogP contribution in [0.3, 0.4) is 0 Å². The van der Waals surface area contributed by atoms with E-state index in [0.29, 0.717) is 23.4 Å². The Balaban J connectivity index is 1.10. The maximum absolute atomic E-state index is 11.5. The van der Waals surface area contributed by atoms with Gasteiger partial charge in [-0.2, -0.15) is 0 Å². The largest absolute Gasteiger partial charge is 0.471 e. The summed E-state index contributed by atoms with van der Waals surface area (Å²) in [7, 11) is 0. The van der Waals surface area contributed by atoms with Crippen LogP contribution in [-0.2, 0) is 29.2 Å². The van der Waals surface area contributed by atoms with Gasteiger partial charge in [0, 0.05) is 43.1 Å². The van der Waals surface area contributed by atoms with Crippen LogP contribution in [0.5, 0.6) is 5.88 Å². The Bertz CT molecular complexity index is 1480. The summed E-state index contributed by atoms with van der Waals surface area (Å²) in [6.45, 7) is 6.19. The summed E-state index contributed by atoms with van der Waals surface area (Å²) in [5, 5.41) is 3.47. The molecule has 1 amide bonds. The van der Waals surface area contributed by atoms with Crippen molar-refractivity contribution in [2.75, 3.05) is 25.0 Å². The molecule has 0 bridgehead atoms. The number of hydrogen-bond donors (Lipinski definition) is 1. The average molecular weight is 561 g/mol. The van der Waals surface area contributed by atoms with E-state index in [1.54, 1.807) is 6.20 Å². The Labute approximate surface area is 238 Å². The lowest BCUT2D eigenvalue weighted by molar-refractivity contribution is -0.114. The number of piperidine rings is 1. The highest BCUT2D eigenvalue weighted by Gasteiger charge is 2.26. The molecule has 1 unspecified atom stereocenters. The number of anilines is 1. The van der Waals surface area contributed by atoms with Gasteiger partial charge in [0.05, 0.1) is 40.9 Å². The first-order valence-electron chi connectivity index (χ1n) is 13.8. The van der Waals surface area contributed by atoms with Gasteiger partial charge in [0.2, 0.25) is 11.8 Å². The molecule has 3 aromatic heterocycles. The number of fused-ring (bicyclic) bond motifs is 1. The van der Waals surface area contributed by atoms with E-state index in [0.717, 1.165) is 86.0 Å². The average Bonchev–Trinajstić information content (AvgIpc) is 3.26. The van der Waals surface area contributed by atoms with Crippen LogP contribution in [-0.4, -0.2) is 56.1 Å². The number of amides is 1. The van der Waals surface area contributed by atoms with Crippen LogP contribution in [0.4, 0.5) is 5.69 Å². The monoisotopic (exact) mass is 560 g/mol. The molecule has 208 valence electrons. The molecular formula is C30H33ClN6O3. The van der Waals surface area contributed by atoms with Crippen molar-refractivity contribution >= 4 is 34.2 Å². The number of ether oxygens (including phenoxy) is 2. The number of carbonyl (C=O) groups excluding carboxylic acids is 1. The van der Waals surface area contributed by atoms with Crippen molar-refractivity contribution in [1.82, 2.24) is 24.4 Å². The summed E-state index contributed by atoms with van der Waals surface area (Å²) in [5.41, 5.74) is 4.61. The number of nitrogens with one attached hydrogen (secondary N) is 1. The zero-order valence-corrected chi connectivity index (χ0v) is 23.3.